The van der Waals surface area contributed by atoms with Crippen molar-refractivity contribution in [3.63, 3.8) is 0 Å². The molecule has 0 radical (unpaired) electrons. The highest BCUT2D eigenvalue weighted by atomic mass is 16.2. The number of aryl methyl sites for hydroxylation is 1. The van der Waals surface area contributed by atoms with Gasteiger partial charge in [0.25, 0.3) is 5.91 Å². The Morgan fingerprint density at radius 1 is 1.09 bits per heavy atom. The van der Waals surface area contributed by atoms with Gasteiger partial charge in [0.15, 0.2) is 0 Å². The number of nitrogens with one attached hydrogen (secondary N) is 2. The zero-order valence-electron chi connectivity index (χ0n) is 18.1. The molecule has 4 rings (SSSR count). The molecule has 2 fully saturated rings. The molecule has 0 aliphatic carbocycles. The molecule has 5 amide bonds. The largest absolute Gasteiger partial charge is 0.343 e. The third-order valence-electron chi connectivity index (χ3n) is 6.05. The van der Waals surface area contributed by atoms with E-state index in [0.29, 0.717) is 18.5 Å². The van der Waals surface area contributed by atoms with Gasteiger partial charge in [-0.2, -0.15) is 0 Å². The fourth-order valence-corrected chi connectivity index (χ4v) is 4.18. The van der Waals surface area contributed by atoms with Gasteiger partial charge in [-0.15, -0.1) is 0 Å². The molecular weight excluding hydrogens is 408 g/mol. The number of anilines is 1. The Hall–Kier alpha value is -3.68. The summed E-state index contributed by atoms with van der Waals surface area (Å²) in [6.07, 6.45) is 1.25. The molecule has 8 heteroatoms. The number of amides is 5. The summed E-state index contributed by atoms with van der Waals surface area (Å²) >= 11 is 0. The zero-order chi connectivity index (χ0) is 22.9. The van der Waals surface area contributed by atoms with Crippen LogP contribution in [0.2, 0.25) is 0 Å². The Labute approximate surface area is 186 Å². The van der Waals surface area contributed by atoms with Gasteiger partial charge in [0, 0.05) is 12.2 Å². The summed E-state index contributed by atoms with van der Waals surface area (Å²) in [4.78, 5) is 53.7. The first kappa shape index (κ1) is 21.5. The van der Waals surface area contributed by atoms with E-state index >= 15 is 0 Å². The van der Waals surface area contributed by atoms with E-state index in [-0.39, 0.29) is 5.91 Å². The fraction of sp³-hybridized carbons (Fsp3) is 0.333. The van der Waals surface area contributed by atoms with Crippen LogP contribution >= 0.6 is 0 Å². The number of para-hydroxylation sites is 1. The number of benzene rings is 2. The lowest BCUT2D eigenvalue weighted by molar-refractivity contribution is -0.135. The first-order valence-electron chi connectivity index (χ1n) is 10.7. The molecule has 2 aromatic rings. The smallest absolute Gasteiger partial charge is 0.325 e. The van der Waals surface area contributed by atoms with Crippen LogP contribution in [0.25, 0.3) is 0 Å². The third-order valence-corrected chi connectivity index (χ3v) is 6.05. The topological polar surface area (TPSA) is 98.8 Å². The van der Waals surface area contributed by atoms with E-state index in [0.717, 1.165) is 22.6 Å². The minimum absolute atomic E-state index is 0.197. The summed E-state index contributed by atoms with van der Waals surface area (Å²) in [6.45, 7) is 3.69. The minimum atomic E-state index is -1.24. The second-order valence-corrected chi connectivity index (χ2v) is 8.40. The number of urea groups is 1. The fourth-order valence-electron chi connectivity index (χ4n) is 4.18. The third kappa shape index (κ3) is 3.95. The van der Waals surface area contributed by atoms with Crippen molar-refractivity contribution in [2.75, 3.05) is 18.0 Å². The number of carbonyl (C=O) groups is 4. The second kappa shape index (κ2) is 8.45. The average molecular weight is 434 g/mol. The lowest BCUT2D eigenvalue weighted by Gasteiger charge is -2.32. The summed E-state index contributed by atoms with van der Waals surface area (Å²) in [5.41, 5.74) is 1.22. The van der Waals surface area contributed by atoms with Gasteiger partial charge in [0.05, 0.1) is 0 Å². The Balaban J connectivity index is 1.42. The molecule has 0 saturated carbocycles. The molecule has 2 aliphatic heterocycles. The van der Waals surface area contributed by atoms with Crippen molar-refractivity contribution in [2.24, 2.45) is 0 Å². The first-order chi connectivity index (χ1) is 15.3. The van der Waals surface area contributed by atoms with E-state index in [1.165, 1.54) is 0 Å². The molecule has 0 spiro atoms. The standard InChI is InChI=1S/C24H26N4O4/c1-16-10-12-17(13-11-16)24(2)22(31)28(23(32)26-24)15-20(29)25-19-9-6-14-27(21(19)30)18-7-4-3-5-8-18/h3-5,7-8,10-13,19H,6,9,14-15H2,1-2H3,(H,25,29)(H,26,32). The van der Waals surface area contributed by atoms with Crippen LogP contribution < -0.4 is 15.5 Å². The van der Waals surface area contributed by atoms with Crippen molar-refractivity contribution in [2.45, 2.75) is 38.3 Å². The number of imide groups is 1. The van der Waals surface area contributed by atoms with Crippen LogP contribution in [0.5, 0.6) is 0 Å². The normalized spacial score (nSPS) is 23.3. The molecule has 0 aromatic heterocycles. The molecule has 2 heterocycles. The zero-order valence-corrected chi connectivity index (χ0v) is 18.1. The number of piperidine rings is 1. The molecule has 2 unspecified atom stereocenters. The van der Waals surface area contributed by atoms with E-state index in [1.807, 2.05) is 49.4 Å². The SMILES string of the molecule is Cc1ccc(C2(C)NC(=O)N(CC(=O)NC3CCCN(c4ccccc4)C3=O)C2=O)cc1. The maximum Gasteiger partial charge on any atom is 0.325 e. The summed E-state index contributed by atoms with van der Waals surface area (Å²) in [5.74, 6) is -1.24. The van der Waals surface area contributed by atoms with Gasteiger partial charge in [-0.1, -0.05) is 48.0 Å². The van der Waals surface area contributed by atoms with Crippen molar-refractivity contribution >= 4 is 29.4 Å². The monoisotopic (exact) mass is 434 g/mol. The number of rotatable bonds is 5. The van der Waals surface area contributed by atoms with E-state index in [2.05, 4.69) is 10.6 Å². The van der Waals surface area contributed by atoms with Gasteiger partial charge < -0.3 is 15.5 Å². The molecule has 2 N–H and O–H groups in total. The highest BCUT2D eigenvalue weighted by molar-refractivity contribution is 6.09. The highest BCUT2D eigenvalue weighted by Crippen LogP contribution is 2.29. The molecule has 2 saturated heterocycles. The van der Waals surface area contributed by atoms with Crippen LogP contribution in [0.1, 0.15) is 30.9 Å². The maximum atomic E-state index is 13.0. The van der Waals surface area contributed by atoms with Gasteiger partial charge in [-0.05, 0) is 44.4 Å². The Kier molecular flexibility index (Phi) is 5.69. The van der Waals surface area contributed by atoms with Crippen LogP contribution in [-0.2, 0) is 19.9 Å². The van der Waals surface area contributed by atoms with Gasteiger partial charge in [0.2, 0.25) is 11.8 Å². The summed E-state index contributed by atoms with van der Waals surface area (Å²) in [5, 5.41) is 5.40. The molecule has 166 valence electrons. The molecule has 0 bridgehead atoms. The van der Waals surface area contributed by atoms with Gasteiger partial charge in [0.1, 0.15) is 18.1 Å². The van der Waals surface area contributed by atoms with E-state index in [4.69, 9.17) is 0 Å². The molecule has 2 aromatic carbocycles. The van der Waals surface area contributed by atoms with Crippen molar-refractivity contribution in [3.8, 4) is 0 Å². The Morgan fingerprint density at radius 2 is 1.78 bits per heavy atom. The quantitative estimate of drug-likeness (QED) is 0.704. The van der Waals surface area contributed by atoms with Crippen LogP contribution in [0.3, 0.4) is 0 Å². The van der Waals surface area contributed by atoms with Crippen molar-refractivity contribution < 1.29 is 19.2 Å². The number of hydrogen-bond acceptors (Lipinski definition) is 4. The van der Waals surface area contributed by atoms with Gasteiger partial charge in [-0.3, -0.25) is 19.3 Å². The number of nitrogens with zero attached hydrogens (tertiary/aromatic N) is 2. The minimum Gasteiger partial charge on any atom is -0.343 e. The molecular formula is C24H26N4O4. The lowest BCUT2D eigenvalue weighted by Crippen LogP contribution is -2.54. The predicted molar refractivity (Wildman–Crippen MR) is 119 cm³/mol. The summed E-state index contributed by atoms with van der Waals surface area (Å²) < 4.78 is 0. The Bertz CT molecular complexity index is 1050. The molecule has 2 aliphatic rings. The van der Waals surface area contributed by atoms with Crippen molar-refractivity contribution in [3.05, 3.63) is 65.7 Å². The van der Waals surface area contributed by atoms with E-state index in [9.17, 15) is 19.2 Å². The second-order valence-electron chi connectivity index (χ2n) is 8.40. The summed E-state index contributed by atoms with van der Waals surface area (Å²) in [6, 6.07) is 15.3. The first-order valence-corrected chi connectivity index (χ1v) is 10.7. The molecule has 8 nitrogen and oxygen atoms in total. The van der Waals surface area contributed by atoms with Crippen LogP contribution in [0.15, 0.2) is 54.6 Å². The van der Waals surface area contributed by atoms with Crippen LogP contribution in [0.4, 0.5) is 10.5 Å². The lowest BCUT2D eigenvalue weighted by atomic mass is 9.91. The van der Waals surface area contributed by atoms with Crippen LogP contribution in [-0.4, -0.2) is 47.8 Å². The van der Waals surface area contributed by atoms with Gasteiger partial charge in [-0.25, -0.2) is 4.79 Å². The molecule has 32 heavy (non-hydrogen) atoms. The van der Waals surface area contributed by atoms with Crippen molar-refractivity contribution in [1.29, 1.82) is 0 Å². The van der Waals surface area contributed by atoms with E-state index < -0.39 is 36.0 Å². The highest BCUT2D eigenvalue weighted by Gasteiger charge is 2.49. The molecule has 2 atom stereocenters. The van der Waals surface area contributed by atoms with E-state index in [1.54, 1.807) is 24.0 Å². The predicted octanol–water partition coefficient (Wildman–Crippen LogP) is 2.07. The average Bonchev–Trinajstić information content (AvgIpc) is 3.00. The maximum absolute atomic E-state index is 13.0. The Morgan fingerprint density at radius 3 is 2.47 bits per heavy atom. The number of carbonyl (C=O) groups excluding carboxylic acids is 4. The number of hydrogen-bond donors (Lipinski definition) is 2. The summed E-state index contributed by atoms with van der Waals surface area (Å²) in [7, 11) is 0. The van der Waals surface area contributed by atoms with Gasteiger partial charge >= 0.3 is 6.03 Å². The van der Waals surface area contributed by atoms with Crippen LogP contribution in [0, 0.1) is 6.92 Å². The van der Waals surface area contributed by atoms with Crippen molar-refractivity contribution in [1.82, 2.24) is 15.5 Å².